The lowest BCUT2D eigenvalue weighted by molar-refractivity contribution is -0.134. The van der Waals surface area contributed by atoms with Crippen molar-refractivity contribution in [2.45, 2.75) is 18.6 Å². The van der Waals surface area contributed by atoms with Gasteiger partial charge in [-0.2, -0.15) is 12.7 Å². The van der Waals surface area contributed by atoms with Crippen molar-refractivity contribution >= 4 is 43.6 Å². The van der Waals surface area contributed by atoms with Gasteiger partial charge < -0.3 is 18.9 Å². The van der Waals surface area contributed by atoms with Crippen molar-refractivity contribution in [3.8, 4) is 16.9 Å². The van der Waals surface area contributed by atoms with Crippen LogP contribution in [0.1, 0.15) is 6.42 Å². The number of carbonyl (C=O) groups is 1. The summed E-state index contributed by atoms with van der Waals surface area (Å²) in [5.41, 5.74) is 1.25. The molecule has 10 nitrogen and oxygen atoms in total. The van der Waals surface area contributed by atoms with Gasteiger partial charge in [0, 0.05) is 35.3 Å². The third kappa shape index (κ3) is 4.71. The van der Waals surface area contributed by atoms with Gasteiger partial charge in [-0.3, -0.25) is 9.52 Å². The molecule has 0 spiro atoms. The molecule has 2 aliphatic rings. The summed E-state index contributed by atoms with van der Waals surface area (Å²) in [4.78, 5) is 14.4. The molecular weight excluding hydrogens is 559 g/mol. The normalized spacial score (nSPS) is 20.8. The number of halogens is 2. The Kier molecular flexibility index (Phi) is 6.72. The van der Waals surface area contributed by atoms with Crippen LogP contribution in [-0.2, 0) is 19.7 Å². The molecule has 2 atom stereocenters. The SMILES string of the molecule is COc1cc(-c2cccc(Br)c2)c(F)cc1N1C(=O)CO[C@@H]2CN(S(=O)(=O)Nc3ccon3)CC[C@H]21. The van der Waals surface area contributed by atoms with Crippen molar-refractivity contribution in [3.63, 3.8) is 0 Å². The molecule has 3 heterocycles. The van der Waals surface area contributed by atoms with Gasteiger partial charge in [0.2, 0.25) is 0 Å². The van der Waals surface area contributed by atoms with E-state index in [9.17, 15) is 13.2 Å². The Morgan fingerprint density at radius 2 is 2.08 bits per heavy atom. The van der Waals surface area contributed by atoms with Gasteiger partial charge in [0.05, 0.1) is 24.9 Å². The zero-order valence-corrected chi connectivity index (χ0v) is 21.5. The molecule has 0 bridgehead atoms. The average molecular weight is 581 g/mol. The maximum Gasteiger partial charge on any atom is 0.302 e. The van der Waals surface area contributed by atoms with E-state index in [1.807, 2.05) is 6.07 Å². The van der Waals surface area contributed by atoms with Crippen LogP contribution in [0.2, 0.25) is 0 Å². The zero-order valence-electron chi connectivity index (χ0n) is 19.1. The number of ether oxygens (including phenoxy) is 2. The summed E-state index contributed by atoms with van der Waals surface area (Å²) in [7, 11) is -2.47. The van der Waals surface area contributed by atoms with Gasteiger partial charge in [0.25, 0.3) is 5.91 Å². The summed E-state index contributed by atoms with van der Waals surface area (Å²) in [6.45, 7) is -0.158. The molecule has 2 aromatic carbocycles. The Hall–Kier alpha value is -3.00. The van der Waals surface area contributed by atoms with Crippen LogP contribution in [0.15, 0.2) is 57.7 Å². The topological polar surface area (TPSA) is 114 Å². The molecule has 0 radical (unpaired) electrons. The molecule has 190 valence electrons. The summed E-state index contributed by atoms with van der Waals surface area (Å²) in [6, 6.07) is 10.9. The molecule has 2 fully saturated rings. The number of amides is 1. The highest BCUT2D eigenvalue weighted by atomic mass is 79.9. The predicted molar refractivity (Wildman–Crippen MR) is 132 cm³/mol. The van der Waals surface area contributed by atoms with Crippen molar-refractivity contribution in [3.05, 3.63) is 59.0 Å². The fraction of sp³-hybridized carbons (Fsp3) is 0.304. The van der Waals surface area contributed by atoms with Gasteiger partial charge in [0.15, 0.2) is 5.82 Å². The minimum absolute atomic E-state index is 0.00253. The Bertz CT molecular complexity index is 1390. The number of aromatic nitrogens is 1. The average Bonchev–Trinajstić information content (AvgIpc) is 3.36. The molecule has 3 aromatic rings. The second kappa shape index (κ2) is 9.81. The number of piperidine rings is 1. The first-order chi connectivity index (χ1) is 17.3. The number of rotatable bonds is 6. The van der Waals surface area contributed by atoms with Gasteiger partial charge >= 0.3 is 10.2 Å². The number of benzene rings is 2. The fourth-order valence-corrected chi connectivity index (χ4v) is 6.12. The smallest absolute Gasteiger partial charge is 0.302 e. The first-order valence-electron chi connectivity index (χ1n) is 11.0. The van der Waals surface area contributed by atoms with E-state index in [2.05, 4.69) is 30.3 Å². The largest absolute Gasteiger partial charge is 0.495 e. The number of morpholine rings is 1. The standard InChI is InChI=1S/C23H22BrFN4O6S/c1-33-20-10-16(14-3-2-4-15(24)9-14)17(25)11-19(20)29-18-5-7-28(12-21(18)34-13-23(29)30)36(31,32)27-22-6-8-35-26-22/h2-4,6,8-11,18,21H,5,7,12-13H2,1H3,(H,26,27)/t18-,21-/m1/s1. The molecule has 0 saturated carbocycles. The second-order valence-electron chi connectivity index (χ2n) is 8.33. The molecule has 1 amide bonds. The molecule has 2 saturated heterocycles. The Morgan fingerprint density at radius 3 is 2.81 bits per heavy atom. The lowest BCUT2D eigenvalue weighted by Gasteiger charge is -2.46. The first kappa shape index (κ1) is 24.7. The van der Waals surface area contributed by atoms with Crippen LogP contribution in [-0.4, -0.2) is 62.7 Å². The van der Waals surface area contributed by atoms with Crippen molar-refractivity contribution in [1.82, 2.24) is 9.46 Å². The molecule has 1 N–H and O–H groups in total. The quantitative estimate of drug-likeness (QED) is 0.475. The summed E-state index contributed by atoms with van der Waals surface area (Å²) >= 11 is 3.40. The molecule has 5 rings (SSSR count). The van der Waals surface area contributed by atoms with Gasteiger partial charge in [-0.15, -0.1) is 0 Å². The van der Waals surface area contributed by atoms with Crippen LogP contribution < -0.4 is 14.4 Å². The maximum absolute atomic E-state index is 15.3. The summed E-state index contributed by atoms with van der Waals surface area (Å²) in [6.07, 6.45) is 0.906. The van der Waals surface area contributed by atoms with Crippen molar-refractivity contribution in [2.75, 3.05) is 36.4 Å². The van der Waals surface area contributed by atoms with E-state index in [0.717, 1.165) is 4.47 Å². The Morgan fingerprint density at radius 1 is 1.25 bits per heavy atom. The Labute approximate surface area is 215 Å². The number of methoxy groups -OCH3 is 1. The lowest BCUT2D eigenvalue weighted by Crippen LogP contribution is -2.62. The van der Waals surface area contributed by atoms with Crippen LogP contribution in [0.5, 0.6) is 5.75 Å². The van der Waals surface area contributed by atoms with Crippen LogP contribution in [0.4, 0.5) is 15.9 Å². The number of hydrogen-bond acceptors (Lipinski definition) is 7. The third-order valence-electron chi connectivity index (χ3n) is 6.18. The van der Waals surface area contributed by atoms with Gasteiger partial charge in [-0.25, -0.2) is 4.39 Å². The van der Waals surface area contributed by atoms with Crippen molar-refractivity contribution in [1.29, 1.82) is 0 Å². The number of anilines is 2. The van der Waals surface area contributed by atoms with Crippen LogP contribution in [0.3, 0.4) is 0 Å². The summed E-state index contributed by atoms with van der Waals surface area (Å²) < 4.78 is 61.3. The van der Waals surface area contributed by atoms with E-state index < -0.39 is 28.2 Å². The van der Waals surface area contributed by atoms with Crippen LogP contribution in [0, 0.1) is 5.82 Å². The molecule has 0 aliphatic carbocycles. The highest BCUT2D eigenvalue weighted by Crippen LogP contribution is 2.40. The molecule has 2 aliphatic heterocycles. The molecule has 36 heavy (non-hydrogen) atoms. The van der Waals surface area contributed by atoms with E-state index in [1.165, 1.54) is 34.7 Å². The summed E-state index contributed by atoms with van der Waals surface area (Å²) in [5, 5.41) is 3.57. The minimum Gasteiger partial charge on any atom is -0.495 e. The van der Waals surface area contributed by atoms with E-state index >= 15 is 4.39 Å². The number of nitrogens with zero attached hydrogens (tertiary/aromatic N) is 3. The van der Waals surface area contributed by atoms with E-state index in [4.69, 9.17) is 9.47 Å². The van der Waals surface area contributed by atoms with Crippen molar-refractivity contribution in [2.24, 2.45) is 0 Å². The molecular formula is C23H22BrFN4O6S. The second-order valence-corrected chi connectivity index (χ2v) is 10.9. The lowest BCUT2D eigenvalue weighted by atomic mass is 9.97. The molecule has 1 aromatic heterocycles. The Balaban J connectivity index is 1.43. The monoisotopic (exact) mass is 580 g/mol. The van der Waals surface area contributed by atoms with Crippen molar-refractivity contribution < 1.29 is 31.6 Å². The van der Waals surface area contributed by atoms with Crippen LogP contribution in [0.25, 0.3) is 11.1 Å². The van der Waals surface area contributed by atoms with Gasteiger partial charge in [0.1, 0.15) is 24.4 Å². The van der Waals surface area contributed by atoms with E-state index in [1.54, 1.807) is 24.3 Å². The van der Waals surface area contributed by atoms with E-state index in [0.29, 0.717) is 16.9 Å². The van der Waals surface area contributed by atoms with Gasteiger partial charge in [-0.05, 0) is 30.2 Å². The number of hydrogen-bond donors (Lipinski definition) is 1. The van der Waals surface area contributed by atoms with Gasteiger partial charge in [-0.1, -0.05) is 33.2 Å². The number of carbonyl (C=O) groups excluding carboxylic acids is 1. The summed E-state index contributed by atoms with van der Waals surface area (Å²) in [5.74, 6) is -0.495. The number of nitrogens with one attached hydrogen (secondary N) is 1. The fourth-order valence-electron chi connectivity index (χ4n) is 4.53. The van der Waals surface area contributed by atoms with Crippen LogP contribution >= 0.6 is 15.9 Å². The predicted octanol–water partition coefficient (Wildman–Crippen LogP) is 3.41. The highest BCUT2D eigenvalue weighted by Gasteiger charge is 2.44. The molecule has 0 unspecified atom stereocenters. The highest BCUT2D eigenvalue weighted by molar-refractivity contribution is 9.10. The zero-order chi connectivity index (χ0) is 25.4. The first-order valence-corrected chi connectivity index (χ1v) is 13.3. The van der Waals surface area contributed by atoms with E-state index in [-0.39, 0.29) is 43.5 Å². The maximum atomic E-state index is 15.3. The minimum atomic E-state index is -3.92. The molecule has 13 heteroatoms. The number of fused-ring (bicyclic) bond motifs is 1. The third-order valence-corrected chi connectivity index (χ3v) is 8.16.